The zero-order valence-electron chi connectivity index (χ0n) is 24.4. The van der Waals surface area contributed by atoms with Crippen LogP contribution in [-0.2, 0) is 34.2 Å². The molecular weight excluding hydrogens is 729 g/mol. The van der Waals surface area contributed by atoms with E-state index in [2.05, 4.69) is 26.2 Å². The zero-order valence-corrected chi connectivity index (χ0v) is 28.4. The maximum absolute atomic E-state index is 13.1. The maximum Gasteiger partial charge on any atom is 0.516 e. The highest BCUT2D eigenvalue weighted by Crippen LogP contribution is 2.42. The lowest BCUT2D eigenvalue weighted by Gasteiger charge is -2.13. The summed E-state index contributed by atoms with van der Waals surface area (Å²) < 4.78 is 73.0. The molecule has 1 amide bonds. The first-order chi connectivity index (χ1) is 21.8. The number of nitrogens with one attached hydrogen (secondary N) is 2. The van der Waals surface area contributed by atoms with Gasteiger partial charge in [-0.1, -0.05) is 42.8 Å². The molecule has 15 heteroatoms. The Labute approximate surface area is 280 Å². The van der Waals surface area contributed by atoms with Crippen LogP contribution in [0, 0.1) is 0 Å². The number of aromatic nitrogens is 2. The van der Waals surface area contributed by atoms with Crippen molar-refractivity contribution in [3.05, 3.63) is 97.1 Å². The minimum atomic E-state index is -5.66. The summed E-state index contributed by atoms with van der Waals surface area (Å²) in [6.07, 6.45) is 2.76. The summed E-state index contributed by atoms with van der Waals surface area (Å²) in [4.78, 5) is 18.6. The number of halogens is 5. The van der Waals surface area contributed by atoms with Gasteiger partial charge in [0.25, 0.3) is 0 Å². The predicted molar refractivity (Wildman–Crippen MR) is 178 cm³/mol. The molecule has 0 aliphatic heterocycles. The number of rotatable bonds is 11. The topological polar surface area (TPSA) is 106 Å². The molecule has 2 aromatic carbocycles. The van der Waals surface area contributed by atoms with Crippen LogP contribution in [0.15, 0.2) is 74.4 Å². The summed E-state index contributed by atoms with van der Waals surface area (Å²) in [6.45, 7) is 4.60. The van der Waals surface area contributed by atoms with Gasteiger partial charge in [-0.05, 0) is 70.2 Å². The van der Waals surface area contributed by atoms with Gasteiger partial charge in [0.1, 0.15) is 11.4 Å². The number of fused-ring (bicyclic) bond motifs is 1. The number of imidazole rings is 1. The normalized spacial score (nSPS) is 12.5. The average Bonchev–Trinajstić information content (AvgIpc) is 3.71. The van der Waals surface area contributed by atoms with Gasteiger partial charge in [0.2, 0.25) is 5.91 Å². The summed E-state index contributed by atoms with van der Waals surface area (Å²) in [5, 5.41) is 5.69. The van der Waals surface area contributed by atoms with E-state index in [1.165, 1.54) is 18.2 Å². The lowest BCUT2D eigenvalue weighted by atomic mass is 10.1. The Bertz CT molecular complexity index is 2040. The van der Waals surface area contributed by atoms with Crippen LogP contribution in [0.2, 0.25) is 5.15 Å². The number of likely N-dealkylation sites (N-methyl/N-ethyl adjacent to an activating group) is 1. The van der Waals surface area contributed by atoms with Crippen molar-refractivity contribution in [3.63, 3.8) is 0 Å². The SMILES string of the molecule is CCNC(=O)/C(=C/c1c(Cl)nc(CC)n1Cc1ccc2oc(-c3ccccc3NS(=O)(=O)C(F)(F)F)c(Br)c2c1)Cc1cccs1. The third kappa shape index (κ3) is 7.04. The lowest BCUT2D eigenvalue weighted by molar-refractivity contribution is -0.117. The fraction of sp³-hybridized carbons (Fsp3) is 0.226. The average molecular weight is 756 g/mol. The fourth-order valence-corrected chi connectivity index (χ4v) is 7.01. The van der Waals surface area contributed by atoms with Crippen LogP contribution in [0.3, 0.4) is 0 Å². The molecule has 0 bridgehead atoms. The zero-order chi connectivity index (χ0) is 33.2. The second-order valence-electron chi connectivity index (χ2n) is 10.1. The minimum Gasteiger partial charge on any atom is -0.455 e. The lowest BCUT2D eigenvalue weighted by Crippen LogP contribution is -2.30. The maximum atomic E-state index is 13.1. The largest absolute Gasteiger partial charge is 0.516 e. The number of para-hydroxylation sites is 1. The van der Waals surface area contributed by atoms with Crippen LogP contribution < -0.4 is 10.0 Å². The van der Waals surface area contributed by atoms with Crippen molar-refractivity contribution in [2.45, 2.75) is 38.7 Å². The minimum absolute atomic E-state index is 0.116. The predicted octanol–water partition coefficient (Wildman–Crippen LogP) is 8.41. The number of carbonyl (C=O) groups is 1. The summed E-state index contributed by atoms with van der Waals surface area (Å²) in [7, 11) is -5.66. The van der Waals surface area contributed by atoms with Crippen molar-refractivity contribution < 1.29 is 30.8 Å². The van der Waals surface area contributed by atoms with E-state index in [0.29, 0.717) is 58.5 Å². The monoisotopic (exact) mass is 754 g/mol. The van der Waals surface area contributed by atoms with Crippen molar-refractivity contribution in [2.24, 2.45) is 0 Å². The molecule has 0 fully saturated rings. The van der Waals surface area contributed by atoms with E-state index < -0.39 is 15.5 Å². The molecule has 5 aromatic rings. The first kappa shape index (κ1) is 33.8. The Morgan fingerprint density at radius 1 is 1.15 bits per heavy atom. The second-order valence-corrected chi connectivity index (χ2v) is 14.0. The third-order valence-electron chi connectivity index (χ3n) is 7.00. The molecule has 242 valence electrons. The van der Waals surface area contributed by atoms with Crippen LogP contribution >= 0.6 is 38.9 Å². The number of furan rings is 1. The van der Waals surface area contributed by atoms with Crippen molar-refractivity contribution in [1.82, 2.24) is 14.9 Å². The second kappa shape index (κ2) is 13.6. The molecule has 0 aliphatic carbocycles. The van der Waals surface area contributed by atoms with Gasteiger partial charge >= 0.3 is 15.5 Å². The van der Waals surface area contributed by atoms with Gasteiger partial charge in [0.15, 0.2) is 10.9 Å². The number of nitrogens with zero attached hydrogens (tertiary/aromatic N) is 2. The van der Waals surface area contributed by atoms with Crippen LogP contribution in [0.4, 0.5) is 18.9 Å². The number of thiophene rings is 1. The van der Waals surface area contributed by atoms with Crippen LogP contribution in [0.25, 0.3) is 28.4 Å². The van der Waals surface area contributed by atoms with E-state index in [1.807, 2.05) is 48.1 Å². The van der Waals surface area contributed by atoms with Gasteiger partial charge in [0.05, 0.1) is 15.9 Å². The third-order valence-corrected chi connectivity index (χ3v) is 10.0. The number of hydrogen-bond donors (Lipinski definition) is 2. The van der Waals surface area contributed by atoms with E-state index in [1.54, 1.807) is 34.3 Å². The molecule has 3 aromatic heterocycles. The highest BCUT2D eigenvalue weighted by molar-refractivity contribution is 9.10. The van der Waals surface area contributed by atoms with Gasteiger partial charge in [-0.2, -0.15) is 21.6 Å². The van der Waals surface area contributed by atoms with Crippen LogP contribution in [0.1, 0.15) is 35.8 Å². The Hall–Kier alpha value is -3.59. The molecule has 0 radical (unpaired) electrons. The van der Waals surface area contributed by atoms with Crippen molar-refractivity contribution in [1.29, 1.82) is 0 Å². The Balaban J connectivity index is 1.53. The molecule has 46 heavy (non-hydrogen) atoms. The Morgan fingerprint density at radius 2 is 1.91 bits per heavy atom. The summed E-state index contributed by atoms with van der Waals surface area (Å²) >= 11 is 11.7. The molecule has 0 saturated heterocycles. The van der Waals surface area contributed by atoms with Crippen LogP contribution in [0.5, 0.6) is 0 Å². The van der Waals surface area contributed by atoms with Gasteiger partial charge < -0.3 is 14.3 Å². The molecule has 0 unspecified atom stereocenters. The van der Waals surface area contributed by atoms with Gasteiger partial charge in [-0.3, -0.25) is 9.52 Å². The molecular formula is C31H27BrClF3N4O4S2. The van der Waals surface area contributed by atoms with Crippen molar-refractivity contribution in [2.75, 3.05) is 11.3 Å². The number of sulfonamides is 1. The number of alkyl halides is 3. The summed E-state index contributed by atoms with van der Waals surface area (Å²) in [5.74, 6) is 0.656. The van der Waals surface area contributed by atoms with E-state index >= 15 is 0 Å². The Morgan fingerprint density at radius 3 is 2.59 bits per heavy atom. The molecule has 8 nitrogen and oxygen atoms in total. The van der Waals surface area contributed by atoms with Gasteiger partial charge in [-0.25, -0.2) is 4.98 Å². The smallest absolute Gasteiger partial charge is 0.455 e. The molecule has 3 heterocycles. The quantitative estimate of drug-likeness (QED) is 0.132. The van der Waals surface area contributed by atoms with Crippen molar-refractivity contribution in [3.8, 4) is 11.3 Å². The summed E-state index contributed by atoms with van der Waals surface area (Å²) in [5.41, 5.74) is -3.31. The standard InChI is InChI=1S/C31H27BrClF3N4O4S2/c1-3-26-38-29(33)24(16-19(30(41)37-4-2)15-20-8-7-13-45-20)40(26)17-18-11-12-25-22(14-18)27(32)28(44-25)21-9-5-6-10-23(21)39-46(42,43)31(34,35)36/h5-14,16,39H,3-4,15,17H2,1-2H3,(H,37,41)/b19-16+. The first-order valence-corrected chi connectivity index (χ1v) is 17.5. The molecule has 2 N–H and O–H groups in total. The number of anilines is 1. The van der Waals surface area contributed by atoms with E-state index in [-0.39, 0.29) is 28.1 Å². The molecule has 5 rings (SSSR count). The van der Waals surface area contributed by atoms with Crippen LogP contribution in [-0.4, -0.2) is 35.9 Å². The van der Waals surface area contributed by atoms with Gasteiger partial charge in [-0.15, -0.1) is 11.3 Å². The Kier molecular flexibility index (Phi) is 10.0. The van der Waals surface area contributed by atoms with Gasteiger partial charge in [0, 0.05) is 47.3 Å². The number of amides is 1. The highest BCUT2D eigenvalue weighted by Gasteiger charge is 2.46. The molecule has 0 atom stereocenters. The highest BCUT2D eigenvalue weighted by atomic mass is 79.9. The van der Waals surface area contributed by atoms with Crippen molar-refractivity contribution >= 4 is 77.5 Å². The fourth-order valence-electron chi connectivity index (χ4n) is 4.84. The first-order valence-electron chi connectivity index (χ1n) is 14.0. The van der Waals surface area contributed by atoms with E-state index in [0.717, 1.165) is 10.4 Å². The number of carbonyl (C=O) groups excluding carboxylic acids is 1. The number of hydrogen-bond acceptors (Lipinski definition) is 6. The summed E-state index contributed by atoms with van der Waals surface area (Å²) in [6, 6.07) is 14.9. The molecule has 0 saturated carbocycles. The van der Waals surface area contributed by atoms with E-state index in [4.69, 9.17) is 16.0 Å². The van der Waals surface area contributed by atoms with E-state index in [9.17, 15) is 26.4 Å². The number of aryl methyl sites for hydroxylation is 1. The molecule has 0 aliphatic rings. The molecule has 0 spiro atoms. The number of benzene rings is 2.